The normalized spacial score (nSPS) is 29.0. The monoisotopic (exact) mass is 518 g/mol. The average Bonchev–Trinajstić information content (AvgIpc) is 3.30. The lowest BCUT2D eigenvalue weighted by Gasteiger charge is -2.39. The number of aliphatic hydroxyl groups excluding tert-OH is 5. The summed E-state index contributed by atoms with van der Waals surface area (Å²) in [6.07, 6.45) is -4.11. The minimum Gasteiger partial charge on any atom is -0.493 e. The molecule has 37 heavy (non-hydrogen) atoms. The summed E-state index contributed by atoms with van der Waals surface area (Å²) in [5.74, 6) is 0.919. The van der Waals surface area contributed by atoms with Crippen LogP contribution in [0.4, 0.5) is 0 Å². The van der Waals surface area contributed by atoms with Crippen molar-refractivity contribution in [3.05, 3.63) is 53.1 Å². The van der Waals surface area contributed by atoms with E-state index in [1.807, 2.05) is 6.07 Å². The van der Waals surface area contributed by atoms with Crippen LogP contribution < -0.4 is 18.9 Å². The number of fused-ring (bicyclic) bond motifs is 1. The van der Waals surface area contributed by atoms with E-state index in [4.69, 9.17) is 23.7 Å². The first kappa shape index (κ1) is 26.9. The van der Waals surface area contributed by atoms with Crippen molar-refractivity contribution in [2.75, 3.05) is 27.4 Å². The average molecular weight is 519 g/mol. The predicted molar refractivity (Wildman–Crippen MR) is 129 cm³/mol. The molecule has 0 aromatic heterocycles. The van der Waals surface area contributed by atoms with Crippen LogP contribution in [0.5, 0.6) is 23.0 Å². The molecule has 200 valence electrons. The number of carbonyl (C=O) groups excluding carboxylic acids is 1. The number of aliphatic hydroxyl groups is 5. The summed E-state index contributed by atoms with van der Waals surface area (Å²) >= 11 is 0. The van der Waals surface area contributed by atoms with Crippen molar-refractivity contribution in [2.45, 2.75) is 42.7 Å². The zero-order valence-corrected chi connectivity index (χ0v) is 20.3. The summed E-state index contributed by atoms with van der Waals surface area (Å²) in [5.41, 5.74) is 2.09. The van der Waals surface area contributed by atoms with E-state index in [1.165, 1.54) is 20.3 Å². The maximum Gasteiger partial charge on any atom is 0.229 e. The molecule has 4 rings (SSSR count). The number of benzene rings is 2. The lowest BCUT2D eigenvalue weighted by molar-refractivity contribution is -0.277. The minimum atomic E-state index is -1.59. The maximum atomic E-state index is 10.8. The first-order valence-corrected chi connectivity index (χ1v) is 11.6. The molecule has 1 fully saturated rings. The molecule has 0 saturated carbocycles. The Bertz CT molecular complexity index is 1130. The summed E-state index contributed by atoms with van der Waals surface area (Å²) in [6.45, 7) is -0.813. The zero-order chi connectivity index (χ0) is 26.7. The molecular formula is C26H30O11. The molecule has 11 heteroatoms. The second-order valence-electron chi connectivity index (χ2n) is 8.69. The standard InChI is InChI=1S/C26H30O11/c1-33-18-10-14(5-6-17(18)35-26-23(32)22(31)21(30)20(12-29)36-26)24-16(11-28)15-8-13(4-3-7-27)9-19(34-2)25(15)37-24/h3-10,16,20-24,26,28-32H,11-12H2,1-2H3/t16-,20-,21-,22+,23-,24+,26-/m1/s1. The Morgan fingerprint density at radius 3 is 2.32 bits per heavy atom. The Morgan fingerprint density at radius 1 is 0.919 bits per heavy atom. The van der Waals surface area contributed by atoms with Crippen molar-refractivity contribution in [1.29, 1.82) is 0 Å². The number of hydrogen-bond acceptors (Lipinski definition) is 11. The van der Waals surface area contributed by atoms with Crippen LogP contribution in [-0.2, 0) is 9.53 Å². The van der Waals surface area contributed by atoms with E-state index in [2.05, 4.69) is 0 Å². The van der Waals surface area contributed by atoms with Crippen molar-refractivity contribution in [1.82, 2.24) is 0 Å². The van der Waals surface area contributed by atoms with Gasteiger partial charge < -0.3 is 49.2 Å². The van der Waals surface area contributed by atoms with Crippen LogP contribution in [0.1, 0.15) is 28.7 Å². The SMILES string of the molecule is COc1cc([C@@H]2Oc3c(OC)cc(C=CC=O)cc3[C@H]2CO)ccc1O[C@@H]1O[C@H](CO)[C@@H](O)[C@H](O)[C@H]1O. The number of ether oxygens (including phenoxy) is 5. The van der Waals surface area contributed by atoms with Gasteiger partial charge in [-0.3, -0.25) is 4.79 Å². The molecular weight excluding hydrogens is 488 g/mol. The fourth-order valence-corrected chi connectivity index (χ4v) is 4.56. The third-order valence-corrected chi connectivity index (χ3v) is 6.51. The van der Waals surface area contributed by atoms with Gasteiger partial charge in [0.15, 0.2) is 23.0 Å². The molecule has 5 N–H and O–H groups in total. The summed E-state index contributed by atoms with van der Waals surface area (Å²) in [7, 11) is 2.92. The Balaban J connectivity index is 1.62. The number of hydrogen-bond donors (Lipinski definition) is 5. The molecule has 2 aromatic rings. The number of methoxy groups -OCH3 is 2. The fraction of sp³-hybridized carbons (Fsp3) is 0.423. The van der Waals surface area contributed by atoms with Gasteiger partial charge in [0, 0.05) is 5.56 Å². The van der Waals surface area contributed by atoms with E-state index in [1.54, 1.807) is 30.3 Å². The number of aldehydes is 1. The van der Waals surface area contributed by atoms with E-state index >= 15 is 0 Å². The van der Waals surface area contributed by atoms with E-state index in [0.29, 0.717) is 28.9 Å². The highest BCUT2D eigenvalue weighted by atomic mass is 16.7. The number of rotatable bonds is 9. The molecule has 0 radical (unpaired) electrons. The lowest BCUT2D eigenvalue weighted by Crippen LogP contribution is -2.60. The van der Waals surface area contributed by atoms with Gasteiger partial charge in [0.2, 0.25) is 6.29 Å². The second-order valence-corrected chi connectivity index (χ2v) is 8.69. The Hall–Kier alpha value is -3.19. The van der Waals surface area contributed by atoms with Crippen molar-refractivity contribution < 1.29 is 54.0 Å². The molecule has 2 heterocycles. The molecule has 2 aliphatic rings. The predicted octanol–water partition coefficient (Wildman–Crippen LogP) is 0.304. The highest BCUT2D eigenvalue weighted by Crippen LogP contribution is 2.51. The van der Waals surface area contributed by atoms with E-state index in [9.17, 15) is 30.3 Å². The fourth-order valence-electron chi connectivity index (χ4n) is 4.56. The van der Waals surface area contributed by atoms with Gasteiger partial charge in [0.1, 0.15) is 36.8 Å². The highest BCUT2D eigenvalue weighted by molar-refractivity contribution is 5.75. The number of carbonyl (C=O) groups is 1. The van der Waals surface area contributed by atoms with Gasteiger partial charge in [-0.1, -0.05) is 12.1 Å². The molecule has 0 unspecified atom stereocenters. The van der Waals surface area contributed by atoms with Crippen molar-refractivity contribution in [3.63, 3.8) is 0 Å². The van der Waals surface area contributed by atoms with Crippen molar-refractivity contribution >= 4 is 12.4 Å². The molecule has 2 aliphatic heterocycles. The Kier molecular flexibility index (Phi) is 8.32. The van der Waals surface area contributed by atoms with Crippen LogP contribution >= 0.6 is 0 Å². The number of allylic oxidation sites excluding steroid dienone is 1. The highest BCUT2D eigenvalue weighted by Gasteiger charge is 2.45. The van der Waals surface area contributed by atoms with Crippen LogP contribution in [0.3, 0.4) is 0 Å². The van der Waals surface area contributed by atoms with Gasteiger partial charge in [-0.15, -0.1) is 0 Å². The summed E-state index contributed by atoms with van der Waals surface area (Å²) in [5, 5.41) is 50.0. The van der Waals surface area contributed by atoms with Gasteiger partial charge in [-0.25, -0.2) is 0 Å². The molecule has 0 spiro atoms. The second kappa shape index (κ2) is 11.5. The Labute approximate surface area is 213 Å². The van der Waals surface area contributed by atoms with E-state index < -0.39 is 49.3 Å². The van der Waals surface area contributed by atoms with Gasteiger partial charge in [-0.2, -0.15) is 0 Å². The molecule has 0 bridgehead atoms. The zero-order valence-electron chi connectivity index (χ0n) is 20.3. The Morgan fingerprint density at radius 2 is 1.68 bits per heavy atom. The topological polar surface area (TPSA) is 164 Å². The van der Waals surface area contributed by atoms with Crippen LogP contribution in [0, 0.1) is 0 Å². The quantitative estimate of drug-likeness (QED) is 0.229. The van der Waals surface area contributed by atoms with Gasteiger partial charge in [-0.05, 0) is 41.5 Å². The summed E-state index contributed by atoms with van der Waals surface area (Å²) in [4.78, 5) is 10.8. The molecule has 7 atom stereocenters. The van der Waals surface area contributed by atoms with Crippen LogP contribution in [0.15, 0.2) is 36.4 Å². The first-order chi connectivity index (χ1) is 17.9. The molecule has 2 aromatic carbocycles. The molecule has 0 aliphatic carbocycles. The smallest absolute Gasteiger partial charge is 0.229 e. The van der Waals surface area contributed by atoms with Crippen molar-refractivity contribution in [2.24, 2.45) is 0 Å². The largest absolute Gasteiger partial charge is 0.493 e. The molecule has 0 amide bonds. The summed E-state index contributed by atoms with van der Waals surface area (Å²) < 4.78 is 28.3. The van der Waals surface area contributed by atoms with E-state index in [-0.39, 0.29) is 18.1 Å². The van der Waals surface area contributed by atoms with Crippen LogP contribution in [-0.4, -0.2) is 90.0 Å². The molecule has 11 nitrogen and oxygen atoms in total. The molecule has 1 saturated heterocycles. The van der Waals surface area contributed by atoms with Gasteiger partial charge in [0.05, 0.1) is 33.4 Å². The summed E-state index contributed by atoms with van der Waals surface area (Å²) in [6, 6.07) is 8.46. The van der Waals surface area contributed by atoms with Crippen molar-refractivity contribution in [3.8, 4) is 23.0 Å². The third-order valence-electron chi connectivity index (χ3n) is 6.51. The van der Waals surface area contributed by atoms with Gasteiger partial charge in [0.25, 0.3) is 0 Å². The third kappa shape index (κ3) is 5.14. The first-order valence-electron chi connectivity index (χ1n) is 11.6. The van der Waals surface area contributed by atoms with Gasteiger partial charge >= 0.3 is 0 Å². The van der Waals surface area contributed by atoms with Crippen LogP contribution in [0.2, 0.25) is 0 Å². The lowest BCUT2D eigenvalue weighted by atomic mass is 9.90. The van der Waals surface area contributed by atoms with Crippen LogP contribution in [0.25, 0.3) is 6.08 Å². The van der Waals surface area contributed by atoms with E-state index in [0.717, 1.165) is 5.56 Å². The maximum absolute atomic E-state index is 10.8. The minimum absolute atomic E-state index is 0.172.